The van der Waals surface area contributed by atoms with Crippen LogP contribution in [0.4, 0.5) is 0 Å². The number of methoxy groups -OCH3 is 1. The highest BCUT2D eigenvalue weighted by Gasteiger charge is 2.28. The molecule has 2 aromatic carbocycles. The van der Waals surface area contributed by atoms with Gasteiger partial charge >= 0.3 is 0 Å². The molecule has 0 N–H and O–H groups in total. The summed E-state index contributed by atoms with van der Waals surface area (Å²) in [6.07, 6.45) is 2.17. The highest BCUT2D eigenvalue weighted by Crippen LogP contribution is 2.14. The lowest BCUT2D eigenvalue weighted by atomic mass is 9.97. The van der Waals surface area contributed by atoms with Crippen LogP contribution >= 0.6 is 0 Å². The van der Waals surface area contributed by atoms with Gasteiger partial charge in [-0.15, -0.1) is 0 Å². The largest absolute Gasteiger partial charge is 0.365 e. The SMILES string of the molecule is CCCCc1ccc(C(=O)C(OC)C(=O)c2ccccc2)cc1. The van der Waals surface area contributed by atoms with Crippen LogP contribution in [0.5, 0.6) is 0 Å². The van der Waals surface area contributed by atoms with E-state index in [2.05, 4.69) is 6.92 Å². The van der Waals surface area contributed by atoms with Crippen molar-refractivity contribution >= 4 is 11.6 Å². The lowest BCUT2D eigenvalue weighted by molar-refractivity contribution is 0.0513. The number of benzene rings is 2. The number of unbranched alkanes of at least 4 members (excludes halogenated alkanes) is 1. The minimum absolute atomic E-state index is 0.302. The molecule has 0 radical (unpaired) electrons. The molecule has 0 fully saturated rings. The van der Waals surface area contributed by atoms with Gasteiger partial charge in [0.2, 0.25) is 0 Å². The first-order valence-electron chi connectivity index (χ1n) is 7.92. The Morgan fingerprint density at radius 1 is 0.913 bits per heavy atom. The van der Waals surface area contributed by atoms with Crippen molar-refractivity contribution < 1.29 is 14.3 Å². The predicted octanol–water partition coefficient (Wildman–Crippen LogP) is 4.11. The van der Waals surface area contributed by atoms with Gasteiger partial charge in [-0.3, -0.25) is 9.59 Å². The van der Waals surface area contributed by atoms with Crippen LogP contribution in [0.15, 0.2) is 54.6 Å². The summed E-state index contributed by atoms with van der Waals surface area (Å²) in [6.45, 7) is 2.15. The highest BCUT2D eigenvalue weighted by atomic mass is 16.5. The summed E-state index contributed by atoms with van der Waals surface area (Å²) in [5, 5.41) is 0. The lowest BCUT2D eigenvalue weighted by Gasteiger charge is -2.13. The van der Waals surface area contributed by atoms with Crippen molar-refractivity contribution in [3.63, 3.8) is 0 Å². The monoisotopic (exact) mass is 310 g/mol. The molecular weight excluding hydrogens is 288 g/mol. The van der Waals surface area contributed by atoms with Crippen molar-refractivity contribution in [2.24, 2.45) is 0 Å². The van der Waals surface area contributed by atoms with Gasteiger partial charge in [-0.05, 0) is 18.4 Å². The van der Waals surface area contributed by atoms with Crippen molar-refractivity contribution in [3.05, 3.63) is 71.3 Å². The van der Waals surface area contributed by atoms with E-state index < -0.39 is 6.10 Å². The fourth-order valence-corrected chi connectivity index (χ4v) is 2.45. The van der Waals surface area contributed by atoms with Crippen molar-refractivity contribution in [1.82, 2.24) is 0 Å². The fraction of sp³-hybridized carbons (Fsp3) is 0.300. The first kappa shape index (κ1) is 17.1. The number of hydrogen-bond donors (Lipinski definition) is 0. The molecule has 23 heavy (non-hydrogen) atoms. The average Bonchev–Trinajstić information content (AvgIpc) is 2.61. The van der Waals surface area contributed by atoms with E-state index in [4.69, 9.17) is 4.74 Å². The molecule has 0 heterocycles. The standard InChI is InChI=1S/C20H22O3/c1-3-4-8-15-11-13-17(14-12-15)19(22)20(23-2)18(21)16-9-6-5-7-10-16/h5-7,9-14,20H,3-4,8H2,1-2H3. The van der Waals surface area contributed by atoms with Crippen molar-refractivity contribution in [3.8, 4) is 0 Å². The van der Waals surface area contributed by atoms with E-state index in [0.29, 0.717) is 11.1 Å². The maximum atomic E-state index is 12.6. The normalized spacial score (nSPS) is 11.9. The number of rotatable bonds is 8. The van der Waals surface area contributed by atoms with Gasteiger partial charge in [0.15, 0.2) is 17.7 Å². The van der Waals surface area contributed by atoms with Crippen LogP contribution < -0.4 is 0 Å². The van der Waals surface area contributed by atoms with Crippen molar-refractivity contribution in [2.75, 3.05) is 7.11 Å². The minimum atomic E-state index is -1.10. The van der Waals surface area contributed by atoms with Crippen molar-refractivity contribution in [2.45, 2.75) is 32.3 Å². The molecular formula is C20H22O3. The Kier molecular flexibility index (Phi) is 6.24. The topological polar surface area (TPSA) is 43.4 Å². The van der Waals surface area contributed by atoms with Gasteiger partial charge in [0, 0.05) is 18.2 Å². The van der Waals surface area contributed by atoms with E-state index in [1.54, 1.807) is 36.4 Å². The van der Waals surface area contributed by atoms with Crippen LogP contribution in [0.1, 0.15) is 46.0 Å². The number of ketones is 2. The number of Topliss-reactive ketones (excluding diaryl/α,β-unsaturated/α-hetero) is 2. The van der Waals surface area contributed by atoms with Gasteiger partial charge in [0.1, 0.15) is 0 Å². The molecule has 120 valence electrons. The molecule has 0 aliphatic carbocycles. The van der Waals surface area contributed by atoms with E-state index in [0.717, 1.165) is 19.3 Å². The third-order valence-corrected chi connectivity index (χ3v) is 3.83. The predicted molar refractivity (Wildman–Crippen MR) is 91.0 cm³/mol. The van der Waals surface area contributed by atoms with Crippen LogP contribution in [-0.2, 0) is 11.2 Å². The molecule has 0 saturated heterocycles. The number of hydrogen-bond acceptors (Lipinski definition) is 3. The van der Waals surface area contributed by atoms with E-state index in [1.165, 1.54) is 12.7 Å². The zero-order chi connectivity index (χ0) is 16.7. The van der Waals surface area contributed by atoms with Crippen molar-refractivity contribution in [1.29, 1.82) is 0 Å². The minimum Gasteiger partial charge on any atom is -0.365 e. The van der Waals surface area contributed by atoms with Gasteiger partial charge in [-0.25, -0.2) is 0 Å². The fourth-order valence-electron chi connectivity index (χ4n) is 2.45. The second-order valence-electron chi connectivity index (χ2n) is 5.51. The second kappa shape index (κ2) is 8.39. The summed E-state index contributed by atoms with van der Waals surface area (Å²) in [5.41, 5.74) is 2.18. The Hall–Kier alpha value is -2.26. The van der Waals surface area contributed by atoms with Gasteiger partial charge in [0.25, 0.3) is 0 Å². The zero-order valence-corrected chi connectivity index (χ0v) is 13.6. The van der Waals surface area contributed by atoms with Crippen LogP contribution in [0.3, 0.4) is 0 Å². The molecule has 2 rings (SSSR count). The summed E-state index contributed by atoms with van der Waals surface area (Å²) in [5.74, 6) is -0.614. The average molecular weight is 310 g/mol. The maximum absolute atomic E-state index is 12.6. The Balaban J connectivity index is 2.15. The van der Waals surface area contributed by atoms with Gasteiger partial charge < -0.3 is 4.74 Å². The Bertz CT molecular complexity index is 644. The van der Waals surface area contributed by atoms with E-state index in [1.807, 2.05) is 18.2 Å². The first-order chi connectivity index (χ1) is 11.2. The molecule has 0 aliphatic heterocycles. The number of carbonyl (C=O) groups is 2. The van der Waals surface area contributed by atoms with E-state index in [-0.39, 0.29) is 11.6 Å². The van der Waals surface area contributed by atoms with Crippen LogP contribution in [0.2, 0.25) is 0 Å². The summed E-state index contributed by atoms with van der Waals surface area (Å²) < 4.78 is 5.18. The molecule has 1 unspecified atom stereocenters. The summed E-state index contributed by atoms with van der Waals surface area (Å²) in [7, 11) is 1.39. The molecule has 3 heteroatoms. The quantitative estimate of drug-likeness (QED) is 0.544. The number of carbonyl (C=O) groups excluding carboxylic acids is 2. The Morgan fingerprint density at radius 3 is 2.00 bits per heavy atom. The Morgan fingerprint density at radius 2 is 1.48 bits per heavy atom. The number of aryl methyl sites for hydroxylation is 1. The third-order valence-electron chi connectivity index (χ3n) is 3.83. The van der Waals surface area contributed by atoms with Gasteiger partial charge in [-0.2, -0.15) is 0 Å². The molecule has 2 aromatic rings. The maximum Gasteiger partial charge on any atom is 0.199 e. The van der Waals surface area contributed by atoms with Crippen LogP contribution in [0.25, 0.3) is 0 Å². The summed E-state index contributed by atoms with van der Waals surface area (Å²) >= 11 is 0. The van der Waals surface area contributed by atoms with E-state index >= 15 is 0 Å². The lowest BCUT2D eigenvalue weighted by Crippen LogP contribution is -2.32. The summed E-state index contributed by atoms with van der Waals surface area (Å²) in [6, 6.07) is 16.2. The molecule has 0 aromatic heterocycles. The molecule has 0 spiro atoms. The van der Waals surface area contributed by atoms with Crippen LogP contribution in [-0.4, -0.2) is 24.8 Å². The molecule has 3 nitrogen and oxygen atoms in total. The smallest absolute Gasteiger partial charge is 0.199 e. The third kappa shape index (κ3) is 4.36. The molecule has 0 bridgehead atoms. The molecule has 0 saturated carbocycles. The molecule has 1 atom stereocenters. The van der Waals surface area contributed by atoms with Gasteiger partial charge in [-0.1, -0.05) is 67.9 Å². The van der Waals surface area contributed by atoms with Gasteiger partial charge in [0.05, 0.1) is 0 Å². The zero-order valence-electron chi connectivity index (χ0n) is 13.6. The number of ether oxygens (including phenoxy) is 1. The summed E-state index contributed by atoms with van der Waals surface area (Å²) in [4.78, 5) is 25.0. The van der Waals surface area contributed by atoms with Crippen LogP contribution in [0, 0.1) is 0 Å². The van der Waals surface area contributed by atoms with E-state index in [9.17, 15) is 9.59 Å². The molecule has 0 aliphatic rings. The first-order valence-corrected chi connectivity index (χ1v) is 7.92. The Labute approximate surface area is 137 Å². The molecule has 0 amide bonds. The highest BCUT2D eigenvalue weighted by molar-refractivity contribution is 6.18. The second-order valence-corrected chi connectivity index (χ2v) is 5.51.